The van der Waals surface area contributed by atoms with E-state index < -0.39 is 0 Å². The SMILES string of the molecule is CCn1nc(C(C)(C)C)c2c1OC(N)=C(C#N)C2c1ccc(-n2ccnc2)cc1. The van der Waals surface area contributed by atoms with Gasteiger partial charge in [-0.05, 0) is 24.6 Å². The van der Waals surface area contributed by atoms with Gasteiger partial charge in [0.2, 0.25) is 11.8 Å². The molecule has 29 heavy (non-hydrogen) atoms. The van der Waals surface area contributed by atoms with Gasteiger partial charge in [0.25, 0.3) is 0 Å². The van der Waals surface area contributed by atoms with Gasteiger partial charge >= 0.3 is 0 Å². The van der Waals surface area contributed by atoms with Crippen LogP contribution >= 0.6 is 0 Å². The Morgan fingerprint density at radius 3 is 2.52 bits per heavy atom. The number of nitrogens with two attached hydrogens (primary N) is 1. The Labute approximate surface area is 170 Å². The number of rotatable bonds is 3. The lowest BCUT2D eigenvalue weighted by molar-refractivity contribution is 0.350. The Morgan fingerprint density at radius 2 is 1.97 bits per heavy atom. The number of aromatic nitrogens is 4. The lowest BCUT2D eigenvalue weighted by atomic mass is 9.79. The van der Waals surface area contributed by atoms with Crippen molar-refractivity contribution in [2.45, 2.75) is 45.6 Å². The summed E-state index contributed by atoms with van der Waals surface area (Å²) in [4.78, 5) is 4.09. The molecule has 148 valence electrons. The van der Waals surface area contributed by atoms with Crippen molar-refractivity contribution in [2.75, 3.05) is 0 Å². The second-order valence-electron chi connectivity index (χ2n) is 8.12. The minimum atomic E-state index is -0.324. The van der Waals surface area contributed by atoms with Crippen molar-refractivity contribution in [3.63, 3.8) is 0 Å². The normalized spacial score (nSPS) is 16.3. The number of hydrogen-bond donors (Lipinski definition) is 1. The summed E-state index contributed by atoms with van der Waals surface area (Å²) in [7, 11) is 0. The van der Waals surface area contributed by atoms with Crippen LogP contribution in [0, 0.1) is 11.3 Å². The number of nitrogens with zero attached hydrogens (tertiary/aromatic N) is 5. The second-order valence-corrected chi connectivity index (χ2v) is 8.12. The van der Waals surface area contributed by atoms with Crippen molar-refractivity contribution >= 4 is 0 Å². The molecule has 3 heterocycles. The molecule has 1 atom stereocenters. The summed E-state index contributed by atoms with van der Waals surface area (Å²) < 4.78 is 9.65. The Morgan fingerprint density at radius 1 is 1.24 bits per heavy atom. The number of hydrogen-bond acceptors (Lipinski definition) is 5. The molecule has 1 aliphatic heterocycles. The van der Waals surface area contributed by atoms with Gasteiger partial charge in [0, 0.05) is 30.0 Å². The van der Waals surface area contributed by atoms with E-state index in [1.165, 1.54) is 0 Å². The summed E-state index contributed by atoms with van der Waals surface area (Å²) in [5.41, 5.74) is 10.2. The van der Waals surface area contributed by atoms with Crippen molar-refractivity contribution in [3.8, 4) is 17.6 Å². The number of allylic oxidation sites excluding steroid dienone is 1. The molecule has 2 aromatic heterocycles. The number of benzene rings is 1. The monoisotopic (exact) mass is 388 g/mol. The van der Waals surface area contributed by atoms with Crippen molar-refractivity contribution in [1.29, 1.82) is 5.26 Å². The molecule has 0 aliphatic carbocycles. The quantitative estimate of drug-likeness (QED) is 0.740. The molecule has 0 fully saturated rings. The van der Waals surface area contributed by atoms with Gasteiger partial charge in [0.15, 0.2) is 0 Å². The molecule has 7 nitrogen and oxygen atoms in total. The van der Waals surface area contributed by atoms with Crippen LogP contribution in [0.1, 0.15) is 50.4 Å². The third-order valence-corrected chi connectivity index (χ3v) is 5.15. The van der Waals surface area contributed by atoms with E-state index in [0.29, 0.717) is 18.0 Å². The Bertz CT molecular complexity index is 1110. The summed E-state index contributed by atoms with van der Waals surface area (Å²) in [6.45, 7) is 9.01. The minimum Gasteiger partial charge on any atom is -0.422 e. The van der Waals surface area contributed by atoms with E-state index in [1.807, 2.05) is 46.6 Å². The summed E-state index contributed by atoms with van der Waals surface area (Å²) in [6.07, 6.45) is 5.39. The van der Waals surface area contributed by atoms with Crippen LogP contribution < -0.4 is 10.5 Å². The van der Waals surface area contributed by atoms with Crippen LogP contribution in [0.3, 0.4) is 0 Å². The highest BCUT2D eigenvalue weighted by Gasteiger charge is 2.39. The van der Waals surface area contributed by atoms with Crippen molar-refractivity contribution in [1.82, 2.24) is 19.3 Å². The molecular weight excluding hydrogens is 364 g/mol. The maximum absolute atomic E-state index is 9.87. The molecule has 4 rings (SSSR count). The van der Waals surface area contributed by atoms with Gasteiger partial charge in [-0.3, -0.25) is 0 Å². The van der Waals surface area contributed by atoms with Crippen molar-refractivity contribution in [3.05, 3.63) is 71.3 Å². The summed E-state index contributed by atoms with van der Waals surface area (Å²) >= 11 is 0. The summed E-state index contributed by atoms with van der Waals surface area (Å²) in [5, 5.41) is 14.7. The first kappa shape index (κ1) is 18.8. The molecule has 7 heteroatoms. The minimum absolute atomic E-state index is 0.138. The van der Waals surface area contributed by atoms with Crippen LogP contribution in [0.25, 0.3) is 5.69 Å². The van der Waals surface area contributed by atoms with Gasteiger partial charge in [-0.25, -0.2) is 9.67 Å². The van der Waals surface area contributed by atoms with E-state index >= 15 is 0 Å². The molecule has 2 N–H and O–H groups in total. The van der Waals surface area contributed by atoms with Crippen LogP contribution in [-0.4, -0.2) is 19.3 Å². The van der Waals surface area contributed by atoms with Crippen LogP contribution in [0.2, 0.25) is 0 Å². The molecule has 3 aromatic rings. The Balaban J connectivity index is 1.91. The zero-order valence-electron chi connectivity index (χ0n) is 17.0. The number of imidazole rings is 1. The topological polar surface area (TPSA) is 94.7 Å². The number of fused-ring (bicyclic) bond motifs is 1. The molecule has 1 aliphatic rings. The van der Waals surface area contributed by atoms with Gasteiger partial charge in [-0.2, -0.15) is 10.4 Å². The molecule has 0 saturated heterocycles. The first-order chi connectivity index (χ1) is 13.8. The summed E-state index contributed by atoms with van der Waals surface area (Å²) in [5.74, 6) is 0.437. The standard InChI is InChI=1S/C22H24N6O/c1-5-28-21-18(19(26-28)22(2,3)4)17(16(12-23)20(24)29-21)14-6-8-15(9-7-14)27-11-10-25-13-27/h6-11,13,17H,5,24H2,1-4H3. The lowest BCUT2D eigenvalue weighted by Crippen LogP contribution is -2.24. The van der Waals surface area contributed by atoms with Crippen LogP contribution in [0.4, 0.5) is 0 Å². The third-order valence-electron chi connectivity index (χ3n) is 5.15. The lowest BCUT2D eigenvalue weighted by Gasteiger charge is -2.27. The predicted molar refractivity (Wildman–Crippen MR) is 109 cm³/mol. The highest BCUT2D eigenvalue weighted by Crippen LogP contribution is 2.46. The van der Waals surface area contributed by atoms with E-state index in [0.717, 1.165) is 22.5 Å². The van der Waals surface area contributed by atoms with Crippen LogP contribution in [0.15, 0.2) is 54.4 Å². The van der Waals surface area contributed by atoms with Gasteiger partial charge in [-0.15, -0.1) is 0 Å². The number of nitriles is 1. The van der Waals surface area contributed by atoms with Crippen LogP contribution in [0.5, 0.6) is 5.88 Å². The van der Waals surface area contributed by atoms with E-state index in [2.05, 4.69) is 31.8 Å². The van der Waals surface area contributed by atoms with Gasteiger partial charge < -0.3 is 15.0 Å². The molecule has 0 radical (unpaired) electrons. The number of ether oxygens (including phenoxy) is 1. The largest absolute Gasteiger partial charge is 0.422 e. The zero-order chi connectivity index (χ0) is 20.8. The zero-order valence-corrected chi connectivity index (χ0v) is 17.0. The van der Waals surface area contributed by atoms with E-state index in [1.54, 1.807) is 12.5 Å². The molecule has 0 saturated carbocycles. The second kappa shape index (κ2) is 6.82. The maximum Gasteiger partial charge on any atom is 0.224 e. The fraction of sp³-hybridized carbons (Fsp3) is 0.318. The fourth-order valence-corrected chi connectivity index (χ4v) is 3.75. The third kappa shape index (κ3) is 3.07. The average Bonchev–Trinajstić information content (AvgIpc) is 3.34. The molecule has 0 amide bonds. The highest BCUT2D eigenvalue weighted by atomic mass is 16.5. The number of aryl methyl sites for hydroxylation is 1. The first-order valence-corrected chi connectivity index (χ1v) is 9.62. The van der Waals surface area contributed by atoms with E-state index in [9.17, 15) is 5.26 Å². The Hall–Kier alpha value is -3.53. The summed E-state index contributed by atoms with van der Waals surface area (Å²) in [6, 6.07) is 10.3. The molecule has 0 spiro atoms. The van der Waals surface area contributed by atoms with Crippen LogP contribution in [-0.2, 0) is 12.0 Å². The fourth-order valence-electron chi connectivity index (χ4n) is 3.75. The van der Waals surface area contributed by atoms with E-state index in [-0.39, 0.29) is 17.2 Å². The Kier molecular flexibility index (Phi) is 4.42. The maximum atomic E-state index is 9.87. The average molecular weight is 388 g/mol. The van der Waals surface area contributed by atoms with Gasteiger partial charge in [0.05, 0.1) is 23.5 Å². The first-order valence-electron chi connectivity index (χ1n) is 9.62. The molecular formula is C22H24N6O. The van der Waals surface area contributed by atoms with Gasteiger partial charge in [-0.1, -0.05) is 32.9 Å². The molecule has 1 aromatic carbocycles. The molecule has 1 unspecified atom stereocenters. The van der Waals surface area contributed by atoms with Gasteiger partial charge in [0.1, 0.15) is 11.6 Å². The highest BCUT2D eigenvalue weighted by molar-refractivity contribution is 5.57. The predicted octanol–water partition coefficient (Wildman–Crippen LogP) is 3.60. The van der Waals surface area contributed by atoms with E-state index in [4.69, 9.17) is 15.6 Å². The smallest absolute Gasteiger partial charge is 0.224 e. The van der Waals surface area contributed by atoms with Crippen molar-refractivity contribution < 1.29 is 4.74 Å². The van der Waals surface area contributed by atoms with Crippen molar-refractivity contribution in [2.24, 2.45) is 5.73 Å². The molecule has 0 bridgehead atoms.